The maximum absolute atomic E-state index is 13.8. The summed E-state index contributed by atoms with van der Waals surface area (Å²) in [6.45, 7) is 0. The van der Waals surface area contributed by atoms with Gasteiger partial charge >= 0.3 is 0 Å². The fourth-order valence-electron chi connectivity index (χ4n) is 3.06. The first-order chi connectivity index (χ1) is 16.3. The maximum Gasteiger partial charge on any atom is 0.283 e. The van der Waals surface area contributed by atoms with Gasteiger partial charge in [0.15, 0.2) is 22.6 Å². The molecule has 0 unspecified atom stereocenters. The van der Waals surface area contributed by atoms with Gasteiger partial charge in [-0.3, -0.25) is 14.5 Å². The van der Waals surface area contributed by atoms with Crippen molar-refractivity contribution in [3.8, 4) is 0 Å². The molecule has 0 bridgehead atoms. The minimum atomic E-state index is -1.70. The molecular formula is C24H15F4N3O2S. The first-order valence-corrected chi connectivity index (χ1v) is 10.8. The smallest absolute Gasteiger partial charge is 0.283 e. The van der Waals surface area contributed by atoms with Crippen molar-refractivity contribution in [2.24, 2.45) is 4.99 Å². The van der Waals surface area contributed by atoms with Crippen LogP contribution in [0.4, 0.5) is 28.9 Å². The lowest BCUT2D eigenvalue weighted by Gasteiger charge is -2.17. The summed E-state index contributed by atoms with van der Waals surface area (Å²) in [6, 6.07) is 15.7. The van der Waals surface area contributed by atoms with Gasteiger partial charge in [-0.05, 0) is 48.0 Å². The van der Waals surface area contributed by atoms with E-state index in [-0.39, 0.29) is 16.6 Å². The minimum absolute atomic E-state index is 0.102. The highest BCUT2D eigenvalue weighted by molar-refractivity contribution is 8.14. The third-order valence-corrected chi connectivity index (χ3v) is 5.60. The summed E-state index contributed by atoms with van der Waals surface area (Å²) in [6.07, 6.45) is 1.57. The molecule has 3 aromatic carbocycles. The number of amidine groups is 1. The lowest BCUT2D eigenvalue weighted by molar-refractivity contribution is -0.114. The van der Waals surface area contributed by atoms with Crippen LogP contribution in [0.15, 0.2) is 77.4 Å². The van der Waals surface area contributed by atoms with E-state index in [1.165, 1.54) is 29.2 Å². The first-order valence-electron chi connectivity index (χ1n) is 9.85. The highest BCUT2D eigenvalue weighted by Gasteiger charge is 2.32. The summed E-state index contributed by atoms with van der Waals surface area (Å²) in [5.74, 6) is -6.62. The number of hydrogen-bond acceptors (Lipinski definition) is 4. The molecule has 0 spiro atoms. The summed E-state index contributed by atoms with van der Waals surface area (Å²) < 4.78 is 53.7. The molecule has 4 rings (SSSR count). The molecule has 0 radical (unpaired) electrons. The zero-order valence-electron chi connectivity index (χ0n) is 17.3. The van der Waals surface area contributed by atoms with Gasteiger partial charge in [-0.2, -0.15) is 0 Å². The van der Waals surface area contributed by atoms with E-state index in [0.29, 0.717) is 11.8 Å². The number of thioether (sulfide) groups is 1. The molecule has 1 aliphatic heterocycles. The quantitative estimate of drug-likeness (QED) is 0.301. The Balaban J connectivity index is 1.56. The second-order valence-corrected chi connectivity index (χ2v) is 7.95. The lowest BCUT2D eigenvalue weighted by Crippen LogP contribution is -2.31. The van der Waals surface area contributed by atoms with E-state index in [1.54, 1.807) is 30.3 Å². The van der Waals surface area contributed by atoms with Gasteiger partial charge < -0.3 is 5.32 Å². The average molecular weight is 485 g/mol. The first kappa shape index (κ1) is 23.2. The van der Waals surface area contributed by atoms with Gasteiger partial charge in [0.25, 0.3) is 5.91 Å². The standard InChI is InChI=1S/C24H15F4N3O2S/c25-15-6-8-16(9-7-15)31-23(33)19(12-14-4-2-1-3-5-14)30-24(31)34-13-20(32)29-18-11-10-17(26)21(27)22(18)28/h1-12H,13H2,(H,29,32). The van der Waals surface area contributed by atoms with Crippen LogP contribution >= 0.6 is 11.8 Å². The van der Waals surface area contributed by atoms with E-state index < -0.39 is 40.8 Å². The Morgan fingerprint density at radius 1 is 0.941 bits per heavy atom. The van der Waals surface area contributed by atoms with Crippen molar-refractivity contribution >= 4 is 46.2 Å². The fourth-order valence-corrected chi connectivity index (χ4v) is 3.87. The molecule has 1 heterocycles. The monoisotopic (exact) mass is 485 g/mol. The second-order valence-electron chi connectivity index (χ2n) is 7.01. The van der Waals surface area contributed by atoms with Crippen molar-refractivity contribution < 1.29 is 27.2 Å². The molecule has 0 saturated carbocycles. The SMILES string of the molecule is O=C(CSC1=NC(=Cc2ccccc2)C(=O)N1c1ccc(F)cc1)Nc1ccc(F)c(F)c1F. The number of nitrogens with zero attached hydrogens (tertiary/aromatic N) is 2. The summed E-state index contributed by atoms with van der Waals surface area (Å²) in [5, 5.41) is 2.30. The van der Waals surface area contributed by atoms with Crippen molar-refractivity contribution in [3.63, 3.8) is 0 Å². The Morgan fingerprint density at radius 3 is 2.35 bits per heavy atom. The predicted octanol–water partition coefficient (Wildman–Crippen LogP) is 5.36. The fraction of sp³-hybridized carbons (Fsp3) is 0.0417. The van der Waals surface area contributed by atoms with Crippen LogP contribution in [-0.4, -0.2) is 22.7 Å². The normalized spacial score (nSPS) is 14.5. The molecule has 2 amide bonds. The number of carbonyl (C=O) groups is 2. The lowest BCUT2D eigenvalue weighted by atomic mass is 10.2. The molecule has 10 heteroatoms. The number of anilines is 2. The van der Waals surface area contributed by atoms with Gasteiger partial charge in [-0.25, -0.2) is 22.6 Å². The number of halogens is 4. The van der Waals surface area contributed by atoms with Crippen LogP contribution in [0.2, 0.25) is 0 Å². The van der Waals surface area contributed by atoms with Crippen LogP contribution in [-0.2, 0) is 9.59 Å². The largest absolute Gasteiger partial charge is 0.323 e. The molecule has 34 heavy (non-hydrogen) atoms. The van der Waals surface area contributed by atoms with E-state index in [0.717, 1.165) is 23.4 Å². The number of amides is 2. The molecule has 0 aliphatic carbocycles. The van der Waals surface area contributed by atoms with Gasteiger partial charge in [-0.1, -0.05) is 42.1 Å². The zero-order valence-corrected chi connectivity index (χ0v) is 18.1. The molecule has 3 aromatic rings. The average Bonchev–Trinajstić information content (AvgIpc) is 3.14. The summed E-state index contributed by atoms with van der Waals surface area (Å²) in [7, 11) is 0. The Labute approximate surface area is 195 Å². The van der Waals surface area contributed by atoms with Crippen LogP contribution in [0.5, 0.6) is 0 Å². The Morgan fingerprint density at radius 2 is 1.65 bits per heavy atom. The molecule has 1 N–H and O–H groups in total. The minimum Gasteiger partial charge on any atom is -0.323 e. The number of carbonyl (C=O) groups excluding carboxylic acids is 2. The molecule has 0 fully saturated rings. The van der Waals surface area contributed by atoms with E-state index in [4.69, 9.17) is 0 Å². The van der Waals surface area contributed by atoms with Crippen molar-refractivity contribution in [2.75, 3.05) is 16.0 Å². The number of nitrogens with one attached hydrogen (secondary N) is 1. The van der Waals surface area contributed by atoms with Crippen LogP contribution in [0.3, 0.4) is 0 Å². The number of hydrogen-bond donors (Lipinski definition) is 1. The van der Waals surface area contributed by atoms with Gasteiger partial charge in [0.1, 0.15) is 11.5 Å². The number of benzene rings is 3. The maximum atomic E-state index is 13.8. The number of rotatable bonds is 5. The van der Waals surface area contributed by atoms with Crippen LogP contribution < -0.4 is 10.2 Å². The highest BCUT2D eigenvalue weighted by atomic mass is 32.2. The van der Waals surface area contributed by atoms with Gasteiger partial charge in [0.2, 0.25) is 5.91 Å². The van der Waals surface area contributed by atoms with Crippen molar-refractivity contribution in [2.45, 2.75) is 0 Å². The predicted molar refractivity (Wildman–Crippen MR) is 123 cm³/mol. The van der Waals surface area contributed by atoms with Crippen LogP contribution in [0.25, 0.3) is 6.08 Å². The van der Waals surface area contributed by atoms with Crippen molar-refractivity contribution in [1.82, 2.24) is 0 Å². The van der Waals surface area contributed by atoms with E-state index in [2.05, 4.69) is 10.3 Å². The molecule has 5 nitrogen and oxygen atoms in total. The molecule has 0 saturated heterocycles. The van der Waals surface area contributed by atoms with Crippen molar-refractivity contribution in [1.29, 1.82) is 0 Å². The number of aliphatic imine (C=N–C) groups is 1. The third-order valence-electron chi connectivity index (χ3n) is 4.66. The van der Waals surface area contributed by atoms with Gasteiger partial charge in [0.05, 0.1) is 17.1 Å². The Hall–Kier alpha value is -3.92. The topological polar surface area (TPSA) is 61.8 Å². The molecule has 1 aliphatic rings. The van der Waals surface area contributed by atoms with E-state index >= 15 is 0 Å². The summed E-state index contributed by atoms with van der Waals surface area (Å²) >= 11 is 0.868. The van der Waals surface area contributed by atoms with E-state index in [9.17, 15) is 27.2 Å². The Bertz CT molecular complexity index is 1310. The van der Waals surface area contributed by atoms with Gasteiger partial charge in [-0.15, -0.1) is 0 Å². The third kappa shape index (κ3) is 5.01. The molecule has 0 atom stereocenters. The summed E-state index contributed by atoms with van der Waals surface area (Å²) in [4.78, 5) is 30.9. The second kappa shape index (κ2) is 9.92. The molecule has 172 valence electrons. The molecular weight excluding hydrogens is 470 g/mol. The van der Waals surface area contributed by atoms with Crippen LogP contribution in [0.1, 0.15) is 5.56 Å². The van der Waals surface area contributed by atoms with Crippen molar-refractivity contribution in [3.05, 3.63) is 101 Å². The van der Waals surface area contributed by atoms with Gasteiger partial charge in [0, 0.05) is 0 Å². The molecule has 0 aromatic heterocycles. The highest BCUT2D eigenvalue weighted by Crippen LogP contribution is 2.30. The summed E-state index contributed by atoms with van der Waals surface area (Å²) in [5.41, 5.74) is 0.645. The zero-order chi connectivity index (χ0) is 24.2. The Kier molecular flexibility index (Phi) is 6.78. The van der Waals surface area contributed by atoms with Crippen LogP contribution in [0, 0.1) is 23.3 Å². The van der Waals surface area contributed by atoms with E-state index in [1.807, 2.05) is 6.07 Å².